The van der Waals surface area contributed by atoms with Gasteiger partial charge in [-0.15, -0.1) is 11.3 Å². The van der Waals surface area contributed by atoms with Crippen LogP contribution in [0.4, 0.5) is 4.39 Å². The molecule has 0 aliphatic carbocycles. The van der Waals surface area contributed by atoms with Gasteiger partial charge < -0.3 is 10.8 Å². The Balaban J connectivity index is 2.28. The van der Waals surface area contributed by atoms with E-state index in [1.54, 1.807) is 12.1 Å². The molecule has 0 saturated heterocycles. The van der Waals surface area contributed by atoms with Crippen LogP contribution in [0.25, 0.3) is 0 Å². The molecule has 3 N–H and O–H groups in total. The molecule has 0 bridgehead atoms. The Kier molecular flexibility index (Phi) is 4.50. The maximum Gasteiger partial charge on any atom is 0.123 e. The van der Waals surface area contributed by atoms with Crippen molar-refractivity contribution in [2.45, 2.75) is 12.0 Å². The van der Waals surface area contributed by atoms with Gasteiger partial charge in [0.05, 0.1) is 9.89 Å². The van der Waals surface area contributed by atoms with Crippen LogP contribution in [0.15, 0.2) is 39.5 Å². The van der Waals surface area contributed by atoms with Crippen molar-refractivity contribution in [1.29, 1.82) is 0 Å². The molecule has 0 aliphatic rings. The van der Waals surface area contributed by atoms with Gasteiger partial charge >= 0.3 is 0 Å². The highest BCUT2D eigenvalue weighted by molar-refractivity contribution is 9.11. The van der Waals surface area contributed by atoms with Crippen molar-refractivity contribution in [3.63, 3.8) is 0 Å². The van der Waals surface area contributed by atoms with E-state index in [4.69, 9.17) is 5.73 Å². The fourth-order valence-electron chi connectivity index (χ4n) is 1.90. The Morgan fingerprint density at radius 2 is 2.11 bits per heavy atom. The Bertz CT molecular complexity index is 531. The van der Waals surface area contributed by atoms with E-state index in [2.05, 4.69) is 15.9 Å². The molecular weight excluding hydrogens is 317 g/mol. The van der Waals surface area contributed by atoms with E-state index in [0.717, 1.165) is 9.35 Å². The maximum absolute atomic E-state index is 13.2. The Hall–Kier alpha value is -0.750. The fourth-order valence-corrected chi connectivity index (χ4v) is 3.10. The van der Waals surface area contributed by atoms with E-state index in [-0.39, 0.29) is 18.3 Å². The third-order valence-electron chi connectivity index (χ3n) is 2.84. The smallest absolute Gasteiger partial charge is 0.123 e. The molecule has 0 fully saturated rings. The van der Waals surface area contributed by atoms with Crippen molar-refractivity contribution in [1.82, 2.24) is 0 Å². The highest BCUT2D eigenvalue weighted by atomic mass is 79.9. The first-order chi connectivity index (χ1) is 8.61. The van der Waals surface area contributed by atoms with Gasteiger partial charge in [0, 0.05) is 12.5 Å². The molecule has 5 heteroatoms. The van der Waals surface area contributed by atoms with Gasteiger partial charge in [0.15, 0.2) is 0 Å². The predicted molar refractivity (Wildman–Crippen MR) is 75.2 cm³/mol. The van der Waals surface area contributed by atoms with Gasteiger partial charge in [-0.2, -0.15) is 0 Å². The molecule has 2 nitrogen and oxygen atoms in total. The first kappa shape index (κ1) is 13.7. The quantitative estimate of drug-likeness (QED) is 0.902. The maximum atomic E-state index is 13.2. The van der Waals surface area contributed by atoms with Crippen LogP contribution in [-0.4, -0.2) is 11.7 Å². The van der Waals surface area contributed by atoms with Crippen LogP contribution in [0.2, 0.25) is 0 Å². The lowest BCUT2D eigenvalue weighted by atomic mass is 9.90. The molecule has 2 rings (SSSR count). The molecule has 0 amide bonds. The molecule has 18 heavy (non-hydrogen) atoms. The highest BCUT2D eigenvalue weighted by Crippen LogP contribution is 2.34. The van der Waals surface area contributed by atoms with Crippen LogP contribution in [0.5, 0.6) is 0 Å². The molecule has 1 aromatic carbocycles. The Morgan fingerprint density at radius 3 is 2.67 bits per heavy atom. The monoisotopic (exact) mass is 329 g/mol. The lowest BCUT2D eigenvalue weighted by molar-refractivity contribution is 0.147. The van der Waals surface area contributed by atoms with Crippen molar-refractivity contribution in [3.05, 3.63) is 56.4 Å². The minimum Gasteiger partial charge on any atom is -0.388 e. The second-order valence-electron chi connectivity index (χ2n) is 4.03. The molecular formula is C13H13BrFNOS. The normalized spacial score (nSPS) is 14.4. The third-order valence-corrected chi connectivity index (χ3v) is 4.36. The van der Waals surface area contributed by atoms with Gasteiger partial charge in [-0.05, 0) is 50.6 Å². The summed E-state index contributed by atoms with van der Waals surface area (Å²) in [4.78, 5) is 0. The number of hydrogen-bond donors (Lipinski definition) is 2. The molecule has 1 heterocycles. The predicted octanol–water partition coefficient (Wildman–Crippen LogP) is 3.43. The summed E-state index contributed by atoms with van der Waals surface area (Å²) in [6.45, 7) is 0.262. The second-order valence-corrected chi connectivity index (χ2v) is 6.32. The summed E-state index contributed by atoms with van der Waals surface area (Å²) in [6, 6.07) is 8.07. The summed E-state index contributed by atoms with van der Waals surface area (Å²) in [5.41, 5.74) is 7.22. The highest BCUT2D eigenvalue weighted by Gasteiger charge is 2.22. The minimum absolute atomic E-state index is 0.262. The summed E-state index contributed by atoms with van der Waals surface area (Å²) in [7, 11) is 0. The molecule has 2 aromatic rings. The number of aliphatic hydroxyl groups is 1. The van der Waals surface area contributed by atoms with Crippen LogP contribution in [0, 0.1) is 5.82 Å². The number of aliphatic hydroxyl groups excluding tert-OH is 1. The van der Waals surface area contributed by atoms with Gasteiger partial charge in [0.1, 0.15) is 5.82 Å². The zero-order valence-electron chi connectivity index (χ0n) is 9.51. The van der Waals surface area contributed by atoms with Crippen molar-refractivity contribution >= 4 is 27.3 Å². The first-order valence-corrected chi connectivity index (χ1v) is 7.16. The number of halogens is 2. The van der Waals surface area contributed by atoms with Crippen molar-refractivity contribution in [3.8, 4) is 0 Å². The van der Waals surface area contributed by atoms with Crippen LogP contribution in [-0.2, 0) is 0 Å². The molecule has 0 saturated carbocycles. The van der Waals surface area contributed by atoms with E-state index in [9.17, 15) is 9.50 Å². The van der Waals surface area contributed by atoms with E-state index >= 15 is 0 Å². The van der Waals surface area contributed by atoms with Crippen molar-refractivity contribution in [2.24, 2.45) is 5.73 Å². The minimum atomic E-state index is -0.723. The van der Waals surface area contributed by atoms with Crippen LogP contribution >= 0.6 is 27.3 Å². The van der Waals surface area contributed by atoms with Gasteiger partial charge in [0.2, 0.25) is 0 Å². The molecule has 2 atom stereocenters. The number of nitrogens with two attached hydrogens (primary N) is 1. The average molecular weight is 330 g/mol. The average Bonchev–Trinajstić information content (AvgIpc) is 2.77. The number of thiophene rings is 1. The van der Waals surface area contributed by atoms with Crippen LogP contribution in [0.1, 0.15) is 23.1 Å². The van der Waals surface area contributed by atoms with E-state index in [1.807, 2.05) is 11.4 Å². The molecule has 0 radical (unpaired) electrons. The zero-order valence-corrected chi connectivity index (χ0v) is 11.9. The number of benzene rings is 1. The topological polar surface area (TPSA) is 46.2 Å². The standard InChI is InChI=1S/C13H13BrFNOS/c14-12-5-9(7-18-12)13(17)11(6-16)8-2-1-3-10(15)4-8/h1-5,7,11,13,17H,6,16H2. The molecule has 1 aromatic heterocycles. The first-order valence-electron chi connectivity index (χ1n) is 5.49. The van der Waals surface area contributed by atoms with E-state index in [0.29, 0.717) is 5.56 Å². The van der Waals surface area contributed by atoms with Crippen molar-refractivity contribution in [2.75, 3.05) is 6.54 Å². The SMILES string of the molecule is NCC(c1cccc(F)c1)C(O)c1csc(Br)c1. The van der Waals surface area contributed by atoms with Gasteiger partial charge in [-0.3, -0.25) is 0 Å². The summed E-state index contributed by atoms with van der Waals surface area (Å²) < 4.78 is 14.2. The second kappa shape index (κ2) is 5.93. The summed E-state index contributed by atoms with van der Waals surface area (Å²) in [5, 5.41) is 12.2. The number of hydrogen-bond acceptors (Lipinski definition) is 3. The van der Waals surface area contributed by atoms with E-state index < -0.39 is 6.10 Å². The third kappa shape index (κ3) is 2.98. The Labute approximate surface area is 117 Å². The van der Waals surface area contributed by atoms with Crippen LogP contribution in [0.3, 0.4) is 0 Å². The van der Waals surface area contributed by atoms with Gasteiger partial charge in [0.25, 0.3) is 0 Å². The van der Waals surface area contributed by atoms with Gasteiger partial charge in [-0.25, -0.2) is 4.39 Å². The van der Waals surface area contributed by atoms with Gasteiger partial charge in [-0.1, -0.05) is 12.1 Å². The molecule has 0 aliphatic heterocycles. The summed E-state index contributed by atoms with van der Waals surface area (Å²) in [5.74, 6) is -0.619. The number of rotatable bonds is 4. The summed E-state index contributed by atoms with van der Waals surface area (Å²) >= 11 is 4.86. The molecule has 2 unspecified atom stereocenters. The Morgan fingerprint density at radius 1 is 1.33 bits per heavy atom. The van der Waals surface area contributed by atoms with Crippen LogP contribution < -0.4 is 5.73 Å². The molecule has 0 spiro atoms. The zero-order chi connectivity index (χ0) is 13.1. The van der Waals surface area contributed by atoms with Crippen molar-refractivity contribution < 1.29 is 9.50 Å². The lowest BCUT2D eigenvalue weighted by Crippen LogP contribution is -2.20. The lowest BCUT2D eigenvalue weighted by Gasteiger charge is -2.21. The fraction of sp³-hybridized carbons (Fsp3) is 0.231. The molecule has 96 valence electrons. The van der Waals surface area contributed by atoms with E-state index in [1.165, 1.54) is 23.5 Å². The summed E-state index contributed by atoms with van der Waals surface area (Å²) in [6.07, 6.45) is -0.723. The largest absolute Gasteiger partial charge is 0.388 e.